The molecule has 1 aromatic rings. The monoisotopic (exact) mass is 268 g/mol. The van der Waals surface area contributed by atoms with Crippen LogP contribution in [0.4, 0.5) is 4.39 Å². The van der Waals surface area contributed by atoms with Crippen LogP contribution in [0.2, 0.25) is 0 Å². The van der Waals surface area contributed by atoms with Crippen molar-refractivity contribution in [3.8, 4) is 0 Å². The normalized spacial score (nSPS) is 30.3. The van der Waals surface area contributed by atoms with Gasteiger partial charge in [0, 0.05) is 5.56 Å². The van der Waals surface area contributed by atoms with Crippen LogP contribution in [-0.2, 0) is 10.5 Å². The van der Waals surface area contributed by atoms with E-state index in [1.807, 2.05) is 6.92 Å². The molecule has 106 valence electrons. The minimum atomic E-state index is -1.32. The zero-order valence-electron chi connectivity index (χ0n) is 11.9. The molecule has 0 amide bonds. The minimum Gasteiger partial charge on any atom is -0.357 e. The Kier molecular flexibility index (Phi) is 3.95. The van der Waals surface area contributed by atoms with Crippen LogP contribution in [0.15, 0.2) is 24.3 Å². The summed E-state index contributed by atoms with van der Waals surface area (Å²) in [6.45, 7) is 9.55. The fourth-order valence-electron chi connectivity index (χ4n) is 3.05. The average molecular weight is 268 g/mol. The van der Waals surface area contributed by atoms with E-state index in [1.54, 1.807) is 12.1 Å². The standard InChI is InChI=1S/C15H23FNO2/c1-4-17(5-2)10-12(3)19-15(18,11-17)13-6-8-14(16)9-7-13/h6-9,12,18H,4-5,10-11H2,1-3H3/q+1. The Morgan fingerprint density at radius 3 is 2.42 bits per heavy atom. The second-order valence-corrected chi connectivity index (χ2v) is 5.53. The number of likely N-dealkylation sites (N-methyl/N-ethyl adjacent to an activating group) is 1. The number of aliphatic hydroxyl groups is 1. The lowest BCUT2D eigenvalue weighted by Gasteiger charge is -2.49. The highest BCUT2D eigenvalue weighted by Gasteiger charge is 2.47. The smallest absolute Gasteiger partial charge is 0.244 e. The number of ether oxygens (including phenoxy) is 1. The molecule has 19 heavy (non-hydrogen) atoms. The van der Waals surface area contributed by atoms with Gasteiger partial charge < -0.3 is 14.3 Å². The Balaban J connectivity index is 2.33. The van der Waals surface area contributed by atoms with Crippen LogP contribution in [0.5, 0.6) is 0 Å². The Morgan fingerprint density at radius 2 is 1.89 bits per heavy atom. The fourth-order valence-corrected chi connectivity index (χ4v) is 3.05. The maximum atomic E-state index is 13.0. The second kappa shape index (κ2) is 5.19. The number of nitrogens with zero attached hydrogens (tertiary/aromatic N) is 1. The van der Waals surface area contributed by atoms with Gasteiger partial charge in [0.2, 0.25) is 5.79 Å². The molecule has 1 heterocycles. The van der Waals surface area contributed by atoms with E-state index in [1.165, 1.54) is 12.1 Å². The van der Waals surface area contributed by atoms with Crippen molar-refractivity contribution in [3.63, 3.8) is 0 Å². The number of halogens is 1. The number of hydrogen-bond acceptors (Lipinski definition) is 2. The lowest BCUT2D eigenvalue weighted by Crippen LogP contribution is -2.64. The molecule has 0 aromatic heterocycles. The van der Waals surface area contributed by atoms with Crippen LogP contribution in [0.1, 0.15) is 26.3 Å². The highest BCUT2D eigenvalue weighted by molar-refractivity contribution is 5.21. The molecule has 1 aliphatic rings. The summed E-state index contributed by atoms with van der Waals surface area (Å²) in [5.41, 5.74) is 0.629. The quantitative estimate of drug-likeness (QED) is 0.852. The minimum absolute atomic E-state index is 0.0243. The van der Waals surface area contributed by atoms with Gasteiger partial charge in [-0.05, 0) is 32.9 Å². The Labute approximate surface area is 114 Å². The van der Waals surface area contributed by atoms with Crippen LogP contribution >= 0.6 is 0 Å². The number of quaternary nitrogens is 1. The summed E-state index contributed by atoms with van der Waals surface area (Å²) in [6, 6.07) is 5.94. The van der Waals surface area contributed by atoms with Gasteiger partial charge in [-0.1, -0.05) is 12.1 Å². The third-order valence-electron chi connectivity index (χ3n) is 4.23. The average Bonchev–Trinajstić information content (AvgIpc) is 2.38. The summed E-state index contributed by atoms with van der Waals surface area (Å²) in [6.07, 6.45) is -0.0243. The molecule has 0 aliphatic carbocycles. The molecule has 1 saturated heterocycles. The van der Waals surface area contributed by atoms with Crippen molar-refractivity contribution < 1.29 is 18.7 Å². The van der Waals surface area contributed by atoms with Crippen molar-refractivity contribution in [1.82, 2.24) is 0 Å². The van der Waals surface area contributed by atoms with Gasteiger partial charge in [0.05, 0.1) is 13.1 Å². The highest BCUT2D eigenvalue weighted by Crippen LogP contribution is 2.33. The van der Waals surface area contributed by atoms with Crippen LogP contribution in [0.25, 0.3) is 0 Å². The van der Waals surface area contributed by atoms with E-state index in [4.69, 9.17) is 4.74 Å². The van der Waals surface area contributed by atoms with E-state index in [2.05, 4.69) is 13.8 Å². The van der Waals surface area contributed by atoms with Gasteiger partial charge in [-0.25, -0.2) is 4.39 Å². The molecule has 2 unspecified atom stereocenters. The molecule has 2 rings (SSSR count). The van der Waals surface area contributed by atoms with E-state index < -0.39 is 5.79 Å². The molecular weight excluding hydrogens is 245 g/mol. The lowest BCUT2D eigenvalue weighted by atomic mass is 10.0. The van der Waals surface area contributed by atoms with Crippen molar-refractivity contribution in [1.29, 1.82) is 0 Å². The summed E-state index contributed by atoms with van der Waals surface area (Å²) >= 11 is 0. The van der Waals surface area contributed by atoms with Gasteiger partial charge in [-0.15, -0.1) is 0 Å². The molecule has 1 fully saturated rings. The zero-order valence-corrected chi connectivity index (χ0v) is 11.9. The number of hydrogen-bond donors (Lipinski definition) is 1. The lowest BCUT2D eigenvalue weighted by molar-refractivity contribution is -0.948. The molecule has 1 aliphatic heterocycles. The van der Waals surface area contributed by atoms with E-state index in [0.717, 1.165) is 24.1 Å². The summed E-state index contributed by atoms with van der Waals surface area (Å²) < 4.78 is 19.6. The van der Waals surface area contributed by atoms with Gasteiger partial charge in [-0.3, -0.25) is 0 Å². The van der Waals surface area contributed by atoms with Gasteiger partial charge in [0.1, 0.15) is 25.0 Å². The van der Waals surface area contributed by atoms with Crippen molar-refractivity contribution >= 4 is 0 Å². The first-order valence-corrected chi connectivity index (χ1v) is 6.94. The van der Waals surface area contributed by atoms with Crippen molar-refractivity contribution in [2.24, 2.45) is 0 Å². The van der Waals surface area contributed by atoms with Gasteiger partial charge in [0.15, 0.2) is 0 Å². The molecule has 0 bridgehead atoms. The largest absolute Gasteiger partial charge is 0.357 e. The molecule has 4 heteroatoms. The Bertz CT molecular complexity index is 430. The molecule has 0 radical (unpaired) electrons. The first kappa shape index (κ1) is 14.4. The Hall–Kier alpha value is -0.970. The summed E-state index contributed by atoms with van der Waals surface area (Å²) in [4.78, 5) is 0. The number of rotatable bonds is 3. The van der Waals surface area contributed by atoms with Gasteiger partial charge in [0.25, 0.3) is 0 Å². The second-order valence-electron chi connectivity index (χ2n) is 5.53. The van der Waals surface area contributed by atoms with E-state index in [9.17, 15) is 9.50 Å². The molecule has 0 saturated carbocycles. The summed E-state index contributed by atoms with van der Waals surface area (Å²) in [5, 5.41) is 10.8. The zero-order chi connectivity index (χ0) is 14.1. The van der Waals surface area contributed by atoms with Crippen LogP contribution in [-0.4, -0.2) is 41.9 Å². The van der Waals surface area contributed by atoms with Gasteiger partial charge >= 0.3 is 0 Å². The fraction of sp³-hybridized carbons (Fsp3) is 0.600. The first-order valence-electron chi connectivity index (χ1n) is 6.94. The third-order valence-corrected chi connectivity index (χ3v) is 4.23. The number of benzene rings is 1. The molecule has 3 nitrogen and oxygen atoms in total. The SMILES string of the molecule is CC[N+]1(CC)CC(C)OC(O)(c2ccc(F)cc2)C1. The number of morpholine rings is 1. The summed E-state index contributed by atoms with van der Waals surface area (Å²) in [7, 11) is 0. The van der Waals surface area contributed by atoms with Gasteiger partial charge in [-0.2, -0.15) is 0 Å². The molecular formula is C15H23FNO2+. The summed E-state index contributed by atoms with van der Waals surface area (Å²) in [5.74, 6) is -1.62. The Morgan fingerprint density at radius 1 is 1.32 bits per heavy atom. The topological polar surface area (TPSA) is 29.5 Å². The predicted octanol–water partition coefficient (Wildman–Crippen LogP) is 2.25. The maximum absolute atomic E-state index is 13.0. The molecule has 1 N–H and O–H groups in total. The van der Waals surface area contributed by atoms with Crippen LogP contribution in [0, 0.1) is 5.82 Å². The van der Waals surface area contributed by atoms with Crippen LogP contribution in [0.3, 0.4) is 0 Å². The van der Waals surface area contributed by atoms with Crippen LogP contribution < -0.4 is 0 Å². The molecule has 1 aromatic carbocycles. The predicted molar refractivity (Wildman–Crippen MR) is 71.9 cm³/mol. The van der Waals surface area contributed by atoms with E-state index in [-0.39, 0.29) is 11.9 Å². The maximum Gasteiger partial charge on any atom is 0.244 e. The highest BCUT2D eigenvalue weighted by atomic mass is 19.1. The molecule has 0 spiro atoms. The molecule has 2 atom stereocenters. The van der Waals surface area contributed by atoms with Crippen molar-refractivity contribution in [2.45, 2.75) is 32.7 Å². The van der Waals surface area contributed by atoms with E-state index in [0.29, 0.717) is 12.1 Å². The van der Waals surface area contributed by atoms with E-state index >= 15 is 0 Å². The first-order chi connectivity index (χ1) is 8.93. The van der Waals surface area contributed by atoms with Crippen molar-refractivity contribution in [2.75, 3.05) is 26.2 Å². The third kappa shape index (κ3) is 2.81. The van der Waals surface area contributed by atoms with Crippen molar-refractivity contribution in [3.05, 3.63) is 35.6 Å².